The molecule has 2 heterocycles. The maximum Gasteiger partial charge on any atom is 0.275 e. The topological polar surface area (TPSA) is 64.8 Å². The molecule has 0 aliphatic carbocycles. The summed E-state index contributed by atoms with van der Waals surface area (Å²) in [4.78, 5) is 13.0. The average Bonchev–Trinajstić information content (AvgIpc) is 2.92. The molecule has 0 unspecified atom stereocenters. The van der Waals surface area contributed by atoms with E-state index in [-0.39, 0.29) is 10.6 Å². The van der Waals surface area contributed by atoms with Gasteiger partial charge in [0.15, 0.2) is 5.79 Å². The van der Waals surface area contributed by atoms with Crippen LogP contribution >= 0.6 is 15.9 Å². The SMILES string of the molecule is O=[N+]([O-])c1cc(Br)ccc1CN1CCC2(CC1)OCCO2. The van der Waals surface area contributed by atoms with Crippen molar-refractivity contribution in [2.75, 3.05) is 26.3 Å². The molecule has 114 valence electrons. The first kappa shape index (κ1) is 14.9. The van der Waals surface area contributed by atoms with E-state index in [2.05, 4.69) is 20.8 Å². The summed E-state index contributed by atoms with van der Waals surface area (Å²) in [6, 6.07) is 5.22. The number of hydrogen-bond acceptors (Lipinski definition) is 5. The summed E-state index contributed by atoms with van der Waals surface area (Å²) in [6.45, 7) is 3.57. The van der Waals surface area contributed by atoms with Crippen molar-refractivity contribution < 1.29 is 14.4 Å². The lowest BCUT2D eigenvalue weighted by molar-refractivity contribution is -0.385. The quantitative estimate of drug-likeness (QED) is 0.615. The highest BCUT2D eigenvalue weighted by molar-refractivity contribution is 9.10. The molecular weight excluding hydrogens is 340 g/mol. The number of benzene rings is 1. The normalized spacial score (nSPS) is 21.8. The first-order valence-corrected chi connectivity index (χ1v) is 7.80. The summed E-state index contributed by atoms with van der Waals surface area (Å²) in [7, 11) is 0. The van der Waals surface area contributed by atoms with Crippen molar-refractivity contribution in [1.82, 2.24) is 4.90 Å². The molecule has 0 radical (unpaired) electrons. The van der Waals surface area contributed by atoms with Crippen molar-refractivity contribution in [2.24, 2.45) is 0 Å². The molecular formula is C14H17BrN2O4. The molecule has 0 bridgehead atoms. The molecule has 2 aliphatic rings. The molecule has 1 spiro atoms. The second kappa shape index (κ2) is 6.00. The highest BCUT2D eigenvalue weighted by Gasteiger charge is 2.39. The average molecular weight is 357 g/mol. The van der Waals surface area contributed by atoms with Crippen molar-refractivity contribution >= 4 is 21.6 Å². The van der Waals surface area contributed by atoms with Gasteiger partial charge >= 0.3 is 0 Å². The third-order valence-electron chi connectivity index (χ3n) is 4.07. The Bertz CT molecular complexity index is 536. The van der Waals surface area contributed by atoms with E-state index >= 15 is 0 Å². The van der Waals surface area contributed by atoms with Crippen molar-refractivity contribution in [3.63, 3.8) is 0 Å². The van der Waals surface area contributed by atoms with Crippen LogP contribution in [0.25, 0.3) is 0 Å². The number of rotatable bonds is 3. The monoisotopic (exact) mass is 356 g/mol. The van der Waals surface area contributed by atoms with Gasteiger partial charge in [0.1, 0.15) is 0 Å². The van der Waals surface area contributed by atoms with Gasteiger partial charge in [-0.05, 0) is 12.1 Å². The van der Waals surface area contributed by atoms with Crippen LogP contribution in [0.4, 0.5) is 5.69 Å². The van der Waals surface area contributed by atoms with Crippen molar-refractivity contribution in [3.05, 3.63) is 38.3 Å². The van der Waals surface area contributed by atoms with Crippen molar-refractivity contribution in [1.29, 1.82) is 0 Å². The fraction of sp³-hybridized carbons (Fsp3) is 0.571. The van der Waals surface area contributed by atoms with Gasteiger partial charge in [-0.15, -0.1) is 0 Å². The van der Waals surface area contributed by atoms with Crippen LogP contribution in [0.15, 0.2) is 22.7 Å². The lowest BCUT2D eigenvalue weighted by Gasteiger charge is -2.37. The Kier molecular flexibility index (Phi) is 4.26. The van der Waals surface area contributed by atoms with Crippen LogP contribution < -0.4 is 0 Å². The lowest BCUT2D eigenvalue weighted by Crippen LogP contribution is -2.44. The predicted octanol–water partition coefficient (Wildman–Crippen LogP) is 2.70. The Balaban J connectivity index is 1.66. The van der Waals surface area contributed by atoms with Gasteiger partial charge in [0.25, 0.3) is 5.69 Å². The standard InChI is InChI=1S/C14H17BrN2O4/c15-12-2-1-11(13(9-12)17(18)19)10-16-5-3-14(4-6-16)20-7-8-21-14/h1-2,9H,3-8,10H2. The molecule has 2 saturated heterocycles. The van der Waals surface area contributed by atoms with E-state index in [1.54, 1.807) is 6.07 Å². The minimum absolute atomic E-state index is 0.165. The molecule has 1 aromatic carbocycles. The van der Waals surface area contributed by atoms with E-state index in [1.165, 1.54) is 0 Å². The van der Waals surface area contributed by atoms with Crippen molar-refractivity contribution in [2.45, 2.75) is 25.2 Å². The summed E-state index contributed by atoms with van der Waals surface area (Å²) in [6.07, 6.45) is 1.63. The lowest BCUT2D eigenvalue weighted by atomic mass is 10.0. The smallest absolute Gasteiger partial charge is 0.275 e. The van der Waals surface area contributed by atoms with Crippen LogP contribution in [-0.4, -0.2) is 41.9 Å². The molecule has 6 nitrogen and oxygen atoms in total. The number of hydrogen-bond donors (Lipinski definition) is 0. The largest absolute Gasteiger partial charge is 0.347 e. The van der Waals surface area contributed by atoms with Crippen LogP contribution in [0.5, 0.6) is 0 Å². The minimum Gasteiger partial charge on any atom is -0.347 e. The second-order valence-corrected chi connectivity index (χ2v) is 6.33. The summed E-state index contributed by atoms with van der Waals surface area (Å²) < 4.78 is 12.1. The van der Waals surface area contributed by atoms with E-state index in [0.717, 1.165) is 36.0 Å². The Labute approximate surface area is 131 Å². The highest BCUT2D eigenvalue weighted by atomic mass is 79.9. The predicted molar refractivity (Wildman–Crippen MR) is 79.9 cm³/mol. The molecule has 0 saturated carbocycles. The van der Waals surface area contributed by atoms with Crippen LogP contribution in [0.3, 0.4) is 0 Å². The fourth-order valence-corrected chi connectivity index (χ4v) is 3.27. The van der Waals surface area contributed by atoms with Gasteiger partial charge in [0, 0.05) is 48.6 Å². The van der Waals surface area contributed by atoms with Gasteiger partial charge in [-0.25, -0.2) is 0 Å². The van der Waals surface area contributed by atoms with E-state index in [9.17, 15) is 10.1 Å². The van der Waals surface area contributed by atoms with Gasteiger partial charge in [0.05, 0.1) is 18.1 Å². The van der Waals surface area contributed by atoms with E-state index in [1.807, 2.05) is 12.1 Å². The maximum absolute atomic E-state index is 11.1. The van der Waals surface area contributed by atoms with Crippen LogP contribution in [-0.2, 0) is 16.0 Å². The zero-order valence-corrected chi connectivity index (χ0v) is 13.2. The first-order chi connectivity index (χ1) is 10.1. The molecule has 7 heteroatoms. The second-order valence-electron chi connectivity index (χ2n) is 5.41. The third-order valence-corrected chi connectivity index (χ3v) is 4.56. The number of likely N-dealkylation sites (tertiary alicyclic amines) is 1. The van der Waals surface area contributed by atoms with E-state index < -0.39 is 5.79 Å². The van der Waals surface area contributed by atoms with Crippen LogP contribution in [0, 0.1) is 10.1 Å². The van der Waals surface area contributed by atoms with Gasteiger partial charge in [-0.2, -0.15) is 0 Å². The van der Waals surface area contributed by atoms with Gasteiger partial charge < -0.3 is 9.47 Å². The number of nitrogens with zero attached hydrogens (tertiary/aromatic N) is 2. The van der Waals surface area contributed by atoms with Gasteiger partial charge in [0.2, 0.25) is 0 Å². The third kappa shape index (κ3) is 3.26. The number of nitro benzene ring substituents is 1. The zero-order valence-electron chi connectivity index (χ0n) is 11.6. The molecule has 0 atom stereocenters. The molecule has 2 fully saturated rings. The zero-order chi connectivity index (χ0) is 14.9. The Hall–Kier alpha value is -1.02. The van der Waals surface area contributed by atoms with Crippen LogP contribution in [0.1, 0.15) is 18.4 Å². The molecule has 0 aromatic heterocycles. The Morgan fingerprint density at radius 1 is 1.29 bits per heavy atom. The summed E-state index contributed by atoms with van der Waals surface area (Å²) in [5.41, 5.74) is 0.908. The van der Waals surface area contributed by atoms with Gasteiger partial charge in [-0.3, -0.25) is 15.0 Å². The van der Waals surface area contributed by atoms with Crippen molar-refractivity contribution in [3.8, 4) is 0 Å². The maximum atomic E-state index is 11.1. The molecule has 0 amide bonds. The number of halogens is 1. The minimum atomic E-state index is -0.401. The number of piperidine rings is 1. The number of ether oxygens (including phenoxy) is 2. The first-order valence-electron chi connectivity index (χ1n) is 7.01. The molecule has 0 N–H and O–H groups in total. The fourth-order valence-electron chi connectivity index (χ4n) is 2.92. The summed E-state index contributed by atoms with van der Waals surface area (Å²) >= 11 is 3.28. The summed E-state index contributed by atoms with van der Waals surface area (Å²) in [5.74, 6) is -0.401. The van der Waals surface area contributed by atoms with E-state index in [0.29, 0.717) is 19.8 Å². The Morgan fingerprint density at radius 2 is 1.95 bits per heavy atom. The molecule has 3 rings (SSSR count). The van der Waals surface area contributed by atoms with E-state index in [4.69, 9.17) is 9.47 Å². The molecule has 2 aliphatic heterocycles. The molecule has 21 heavy (non-hydrogen) atoms. The van der Waals surface area contributed by atoms with Gasteiger partial charge in [-0.1, -0.05) is 15.9 Å². The van der Waals surface area contributed by atoms with Crippen LogP contribution in [0.2, 0.25) is 0 Å². The Morgan fingerprint density at radius 3 is 2.57 bits per heavy atom. The summed E-state index contributed by atoms with van der Waals surface area (Å²) in [5, 5.41) is 11.1. The molecule has 1 aromatic rings. The highest BCUT2D eigenvalue weighted by Crippen LogP contribution is 2.32. The number of nitro groups is 1.